The second kappa shape index (κ2) is 6.67. The molecule has 0 fully saturated rings. The van der Waals surface area contributed by atoms with Crippen molar-refractivity contribution in [3.05, 3.63) is 11.8 Å². The average Bonchev–Trinajstić information content (AvgIpc) is 2.24. The van der Waals surface area contributed by atoms with E-state index >= 15 is 0 Å². The van der Waals surface area contributed by atoms with Gasteiger partial charge in [0.15, 0.2) is 0 Å². The Labute approximate surface area is 96.5 Å². The van der Waals surface area contributed by atoms with Crippen LogP contribution < -0.4 is 10.1 Å². The van der Waals surface area contributed by atoms with Crippen LogP contribution in [0.15, 0.2) is 6.07 Å². The van der Waals surface area contributed by atoms with Gasteiger partial charge >= 0.3 is 0 Å². The molecule has 0 amide bonds. The van der Waals surface area contributed by atoms with Crippen molar-refractivity contribution in [3.63, 3.8) is 0 Å². The molecule has 16 heavy (non-hydrogen) atoms. The number of unbranched alkanes of at least 4 members (excludes halogenated alkanes) is 1. The number of anilines is 1. The zero-order valence-corrected chi connectivity index (χ0v) is 9.79. The van der Waals surface area contributed by atoms with Crippen LogP contribution in [-0.4, -0.2) is 23.1 Å². The summed E-state index contributed by atoms with van der Waals surface area (Å²) in [4.78, 5) is 8.48. The summed E-state index contributed by atoms with van der Waals surface area (Å²) >= 11 is 0. The predicted molar refractivity (Wildman–Crippen MR) is 64.5 cm³/mol. The largest absolute Gasteiger partial charge is 0.478 e. The molecule has 0 saturated carbocycles. The van der Waals surface area contributed by atoms with Gasteiger partial charge in [0.1, 0.15) is 0 Å². The molecule has 4 nitrogen and oxygen atoms in total. The van der Waals surface area contributed by atoms with E-state index in [2.05, 4.69) is 21.2 Å². The lowest BCUT2D eigenvalue weighted by Gasteiger charge is -2.07. The molecule has 0 radical (unpaired) electrons. The number of hydrogen-bond donors (Lipinski definition) is 1. The minimum absolute atomic E-state index is 0.598. The molecule has 0 aromatic carbocycles. The average molecular weight is 219 g/mol. The summed E-state index contributed by atoms with van der Waals surface area (Å²) in [7, 11) is 0. The van der Waals surface area contributed by atoms with Crippen LogP contribution in [0, 0.1) is 19.3 Å². The Morgan fingerprint density at radius 3 is 3.00 bits per heavy atom. The van der Waals surface area contributed by atoms with E-state index in [1.54, 1.807) is 0 Å². The molecule has 0 bridgehead atoms. The molecule has 86 valence electrons. The van der Waals surface area contributed by atoms with Gasteiger partial charge in [-0.25, -0.2) is 4.98 Å². The molecule has 1 aromatic heterocycles. The number of nitrogens with one attached hydrogen (secondary N) is 1. The number of nitrogens with zero attached hydrogens (tertiary/aromatic N) is 2. The third-order valence-electron chi connectivity index (χ3n) is 1.90. The van der Waals surface area contributed by atoms with Crippen LogP contribution in [0.1, 0.15) is 25.5 Å². The fraction of sp³-hybridized carbons (Fsp3) is 0.500. The van der Waals surface area contributed by atoms with E-state index in [9.17, 15) is 0 Å². The summed E-state index contributed by atoms with van der Waals surface area (Å²) in [6, 6.07) is 1.82. The summed E-state index contributed by atoms with van der Waals surface area (Å²) in [6.07, 6.45) is 6.84. The van der Waals surface area contributed by atoms with Crippen LogP contribution in [0.25, 0.3) is 0 Å². The van der Waals surface area contributed by atoms with E-state index in [1.807, 2.05) is 19.9 Å². The second-order valence-electron chi connectivity index (χ2n) is 3.34. The first-order valence-electron chi connectivity index (χ1n) is 5.42. The van der Waals surface area contributed by atoms with E-state index in [-0.39, 0.29) is 0 Å². The molecule has 0 aliphatic carbocycles. The topological polar surface area (TPSA) is 47.0 Å². The minimum atomic E-state index is 0.598. The van der Waals surface area contributed by atoms with Crippen molar-refractivity contribution in [1.82, 2.24) is 9.97 Å². The smallest absolute Gasteiger partial charge is 0.226 e. The Morgan fingerprint density at radius 1 is 1.50 bits per heavy atom. The summed E-state index contributed by atoms with van der Waals surface area (Å²) in [5.41, 5.74) is 0.887. The van der Waals surface area contributed by atoms with Gasteiger partial charge in [0, 0.05) is 24.7 Å². The molecule has 1 aromatic rings. The zero-order valence-electron chi connectivity index (χ0n) is 9.79. The maximum atomic E-state index is 5.33. The van der Waals surface area contributed by atoms with Crippen molar-refractivity contribution in [2.75, 3.05) is 18.5 Å². The van der Waals surface area contributed by atoms with Gasteiger partial charge in [-0.15, -0.1) is 12.3 Å². The molecule has 0 atom stereocenters. The number of aryl methyl sites for hydroxylation is 1. The van der Waals surface area contributed by atoms with E-state index in [1.165, 1.54) is 0 Å². The highest BCUT2D eigenvalue weighted by atomic mass is 16.5. The van der Waals surface area contributed by atoms with Crippen molar-refractivity contribution >= 4 is 5.95 Å². The molecular weight excluding hydrogens is 202 g/mol. The standard InChI is InChI=1S/C12H17N3O/c1-4-6-7-8-13-12-14-10(3)9-11(15-12)16-5-2/h1,9H,5-8H2,2-3H3,(H,13,14,15). The van der Waals surface area contributed by atoms with Crippen LogP contribution in [0.4, 0.5) is 5.95 Å². The summed E-state index contributed by atoms with van der Waals surface area (Å²) < 4.78 is 5.33. The van der Waals surface area contributed by atoms with Crippen LogP contribution in [-0.2, 0) is 0 Å². The number of ether oxygens (including phenoxy) is 1. The molecule has 4 heteroatoms. The van der Waals surface area contributed by atoms with Gasteiger partial charge < -0.3 is 10.1 Å². The van der Waals surface area contributed by atoms with Crippen LogP contribution in [0.5, 0.6) is 5.88 Å². The summed E-state index contributed by atoms with van der Waals surface area (Å²) in [5.74, 6) is 3.80. The number of rotatable bonds is 6. The van der Waals surface area contributed by atoms with Gasteiger partial charge in [0.2, 0.25) is 11.8 Å². The molecule has 0 saturated heterocycles. The zero-order chi connectivity index (χ0) is 11.8. The lowest BCUT2D eigenvalue weighted by molar-refractivity contribution is 0.326. The number of hydrogen-bond acceptors (Lipinski definition) is 4. The van der Waals surface area contributed by atoms with E-state index in [4.69, 9.17) is 11.2 Å². The third-order valence-corrected chi connectivity index (χ3v) is 1.90. The molecule has 0 aliphatic heterocycles. The van der Waals surface area contributed by atoms with Gasteiger partial charge in [-0.2, -0.15) is 4.98 Å². The minimum Gasteiger partial charge on any atom is -0.478 e. The Hall–Kier alpha value is -1.76. The van der Waals surface area contributed by atoms with Crippen molar-refractivity contribution in [1.29, 1.82) is 0 Å². The first-order chi connectivity index (χ1) is 7.76. The number of aromatic nitrogens is 2. The Morgan fingerprint density at radius 2 is 2.31 bits per heavy atom. The number of terminal acetylenes is 1. The Bertz CT molecular complexity index is 371. The Balaban J connectivity index is 2.55. The van der Waals surface area contributed by atoms with Crippen molar-refractivity contribution < 1.29 is 4.74 Å². The summed E-state index contributed by atoms with van der Waals surface area (Å²) in [5, 5.41) is 3.12. The summed E-state index contributed by atoms with van der Waals surface area (Å²) in [6.45, 7) is 5.22. The highest BCUT2D eigenvalue weighted by molar-refractivity contribution is 5.30. The van der Waals surface area contributed by atoms with E-state index in [0.29, 0.717) is 18.4 Å². The first kappa shape index (κ1) is 12.3. The molecule has 0 aliphatic rings. The second-order valence-corrected chi connectivity index (χ2v) is 3.34. The Kier molecular flexibility index (Phi) is 5.13. The fourth-order valence-corrected chi connectivity index (χ4v) is 1.23. The van der Waals surface area contributed by atoms with Crippen LogP contribution in [0.2, 0.25) is 0 Å². The maximum absolute atomic E-state index is 5.33. The maximum Gasteiger partial charge on any atom is 0.226 e. The highest BCUT2D eigenvalue weighted by Crippen LogP contribution is 2.11. The van der Waals surface area contributed by atoms with Gasteiger partial charge in [0.05, 0.1) is 6.61 Å². The fourth-order valence-electron chi connectivity index (χ4n) is 1.23. The van der Waals surface area contributed by atoms with Gasteiger partial charge in [-0.1, -0.05) is 0 Å². The van der Waals surface area contributed by atoms with Gasteiger partial charge in [-0.3, -0.25) is 0 Å². The van der Waals surface area contributed by atoms with Gasteiger partial charge in [-0.05, 0) is 20.3 Å². The highest BCUT2D eigenvalue weighted by Gasteiger charge is 2.01. The van der Waals surface area contributed by atoms with Crippen molar-refractivity contribution in [2.45, 2.75) is 26.7 Å². The molecule has 1 N–H and O–H groups in total. The lowest BCUT2D eigenvalue weighted by Crippen LogP contribution is -2.07. The molecular formula is C12H17N3O. The van der Waals surface area contributed by atoms with Crippen LogP contribution >= 0.6 is 0 Å². The lowest BCUT2D eigenvalue weighted by atomic mass is 10.3. The molecule has 1 heterocycles. The quantitative estimate of drug-likeness (QED) is 0.587. The molecule has 0 spiro atoms. The third kappa shape index (κ3) is 4.18. The SMILES string of the molecule is C#CCCCNc1nc(C)cc(OCC)n1. The van der Waals surface area contributed by atoms with Crippen molar-refractivity contribution in [3.8, 4) is 18.2 Å². The normalized spacial score (nSPS) is 9.56. The predicted octanol–water partition coefficient (Wildman–Crippen LogP) is 2.01. The van der Waals surface area contributed by atoms with Crippen LogP contribution in [0.3, 0.4) is 0 Å². The van der Waals surface area contributed by atoms with Gasteiger partial charge in [0.25, 0.3) is 0 Å². The monoisotopic (exact) mass is 219 g/mol. The van der Waals surface area contributed by atoms with E-state index in [0.717, 1.165) is 25.1 Å². The molecule has 0 unspecified atom stereocenters. The van der Waals surface area contributed by atoms with Crippen molar-refractivity contribution in [2.24, 2.45) is 0 Å². The first-order valence-corrected chi connectivity index (χ1v) is 5.42. The molecule has 1 rings (SSSR count). The van der Waals surface area contributed by atoms with E-state index < -0.39 is 0 Å².